The van der Waals surface area contributed by atoms with Gasteiger partial charge < -0.3 is 20.0 Å². The van der Waals surface area contributed by atoms with E-state index in [1.54, 1.807) is 4.90 Å². The van der Waals surface area contributed by atoms with Crippen LogP contribution in [0.1, 0.15) is 32.6 Å². The topological polar surface area (TPSA) is 70.4 Å². The molecule has 118 valence electrons. The van der Waals surface area contributed by atoms with Gasteiger partial charge in [0.15, 0.2) is 5.58 Å². The van der Waals surface area contributed by atoms with Crippen LogP contribution in [0.5, 0.6) is 0 Å². The number of carbonyl (C=O) groups excluding carboxylic acids is 1. The number of benzene rings is 1. The van der Waals surface area contributed by atoms with E-state index < -0.39 is 0 Å². The molecular weight excluding hydrogens is 280 g/mol. The van der Waals surface area contributed by atoms with Crippen LogP contribution >= 0.6 is 0 Å². The summed E-state index contributed by atoms with van der Waals surface area (Å²) >= 11 is 0. The van der Waals surface area contributed by atoms with E-state index in [2.05, 4.69) is 22.5 Å². The highest BCUT2D eigenvalue weighted by Gasteiger charge is 2.36. The molecule has 1 heterocycles. The number of urea groups is 1. The van der Waals surface area contributed by atoms with Crippen molar-refractivity contribution in [3.05, 3.63) is 18.2 Å². The summed E-state index contributed by atoms with van der Waals surface area (Å²) in [6, 6.07) is 5.87. The van der Waals surface area contributed by atoms with Crippen LogP contribution in [0.2, 0.25) is 0 Å². The van der Waals surface area contributed by atoms with Crippen LogP contribution in [-0.2, 0) is 0 Å². The Bertz CT molecular complexity index is 683. The molecule has 0 aliphatic heterocycles. The molecule has 6 nitrogen and oxygen atoms in total. The monoisotopic (exact) mass is 302 g/mol. The molecule has 1 aliphatic carbocycles. The minimum Gasteiger partial charge on any atom is -0.423 e. The summed E-state index contributed by atoms with van der Waals surface area (Å²) in [5.41, 5.74) is 2.14. The van der Waals surface area contributed by atoms with Crippen molar-refractivity contribution in [2.75, 3.05) is 24.3 Å². The summed E-state index contributed by atoms with van der Waals surface area (Å²) in [6.45, 7) is 2.11. The van der Waals surface area contributed by atoms with Crippen molar-refractivity contribution in [1.82, 2.24) is 10.3 Å². The fraction of sp³-hybridized carbons (Fsp3) is 0.500. The van der Waals surface area contributed by atoms with Gasteiger partial charge in [0.2, 0.25) is 0 Å². The number of anilines is 2. The molecule has 2 N–H and O–H groups in total. The molecule has 1 aliphatic rings. The zero-order valence-corrected chi connectivity index (χ0v) is 13.3. The molecule has 0 bridgehead atoms. The Morgan fingerprint density at radius 2 is 2.18 bits per heavy atom. The van der Waals surface area contributed by atoms with Crippen molar-refractivity contribution in [3.8, 4) is 0 Å². The number of aromatic nitrogens is 1. The lowest BCUT2D eigenvalue weighted by Gasteiger charge is -2.41. The van der Waals surface area contributed by atoms with Crippen LogP contribution in [0.4, 0.5) is 16.5 Å². The summed E-state index contributed by atoms with van der Waals surface area (Å²) in [6.07, 6.45) is 4.28. The van der Waals surface area contributed by atoms with Gasteiger partial charge in [-0.2, -0.15) is 4.98 Å². The van der Waals surface area contributed by atoms with Crippen molar-refractivity contribution in [1.29, 1.82) is 0 Å². The lowest BCUT2D eigenvalue weighted by molar-refractivity contribution is 0.179. The normalized spacial score (nSPS) is 16.1. The number of nitrogens with one attached hydrogen (secondary N) is 2. The smallest absolute Gasteiger partial charge is 0.319 e. The van der Waals surface area contributed by atoms with Crippen LogP contribution in [0.15, 0.2) is 22.6 Å². The minimum atomic E-state index is -0.155. The molecule has 22 heavy (non-hydrogen) atoms. The predicted octanol–water partition coefficient (Wildman–Crippen LogP) is 3.35. The van der Waals surface area contributed by atoms with Gasteiger partial charge in [0.05, 0.1) is 0 Å². The van der Waals surface area contributed by atoms with Crippen molar-refractivity contribution >= 4 is 28.8 Å². The summed E-state index contributed by atoms with van der Waals surface area (Å²) in [5.74, 6) is 0. The Morgan fingerprint density at radius 1 is 1.41 bits per heavy atom. The number of amides is 2. The highest BCUT2D eigenvalue weighted by atomic mass is 16.4. The highest BCUT2D eigenvalue weighted by Crippen LogP contribution is 2.34. The fourth-order valence-corrected chi connectivity index (χ4v) is 2.76. The van der Waals surface area contributed by atoms with E-state index in [-0.39, 0.29) is 11.6 Å². The van der Waals surface area contributed by atoms with Gasteiger partial charge in [-0.05, 0) is 43.9 Å². The first kappa shape index (κ1) is 14.7. The van der Waals surface area contributed by atoms with Gasteiger partial charge in [-0.1, -0.05) is 6.92 Å². The number of fused-ring (bicyclic) bond motifs is 1. The van der Waals surface area contributed by atoms with E-state index in [1.807, 2.05) is 32.3 Å². The van der Waals surface area contributed by atoms with E-state index in [9.17, 15) is 4.79 Å². The Kier molecular flexibility index (Phi) is 3.68. The van der Waals surface area contributed by atoms with Crippen molar-refractivity contribution in [3.63, 3.8) is 0 Å². The first-order valence-corrected chi connectivity index (χ1v) is 7.68. The van der Waals surface area contributed by atoms with Gasteiger partial charge in [-0.15, -0.1) is 0 Å². The Hall–Kier alpha value is -2.24. The van der Waals surface area contributed by atoms with Gasteiger partial charge >= 0.3 is 6.03 Å². The lowest BCUT2D eigenvalue weighted by atomic mass is 9.75. The first-order valence-electron chi connectivity index (χ1n) is 7.68. The lowest BCUT2D eigenvalue weighted by Crippen LogP contribution is -2.54. The van der Waals surface area contributed by atoms with Crippen LogP contribution in [0, 0.1) is 0 Å². The molecule has 3 rings (SSSR count). The van der Waals surface area contributed by atoms with Gasteiger partial charge in [0.25, 0.3) is 6.01 Å². The number of nitrogens with zero attached hydrogens (tertiary/aromatic N) is 2. The van der Waals surface area contributed by atoms with Crippen molar-refractivity contribution in [2.24, 2.45) is 0 Å². The van der Waals surface area contributed by atoms with E-state index in [0.29, 0.717) is 17.3 Å². The Labute approximate surface area is 129 Å². The SMILES string of the molecule is CCC1(NC(=O)Nc2ccc3oc(N(C)C)nc3c2)CCC1. The number of carbonyl (C=O) groups is 1. The summed E-state index contributed by atoms with van der Waals surface area (Å²) in [4.78, 5) is 18.3. The van der Waals surface area contributed by atoms with Crippen LogP contribution in [0.25, 0.3) is 11.1 Å². The molecule has 1 aromatic carbocycles. The molecule has 0 saturated heterocycles. The average Bonchev–Trinajstić information content (AvgIpc) is 2.86. The molecule has 0 spiro atoms. The highest BCUT2D eigenvalue weighted by molar-refractivity contribution is 5.92. The molecule has 0 unspecified atom stereocenters. The molecule has 0 radical (unpaired) electrons. The maximum Gasteiger partial charge on any atom is 0.319 e. The van der Waals surface area contributed by atoms with E-state index in [0.717, 1.165) is 24.8 Å². The number of rotatable bonds is 4. The standard InChI is InChI=1S/C16H22N4O2/c1-4-16(8-5-9-16)19-14(21)17-11-6-7-13-12(10-11)18-15(22-13)20(2)3/h6-7,10H,4-5,8-9H2,1-3H3,(H2,17,19,21). The maximum absolute atomic E-state index is 12.2. The third kappa shape index (κ3) is 2.73. The Morgan fingerprint density at radius 3 is 2.77 bits per heavy atom. The number of oxazole rings is 1. The third-order valence-corrected chi connectivity index (χ3v) is 4.38. The molecule has 1 aromatic heterocycles. The van der Waals surface area contributed by atoms with Gasteiger partial charge in [0, 0.05) is 25.3 Å². The summed E-state index contributed by atoms with van der Waals surface area (Å²) in [5, 5.41) is 5.98. The van der Waals surface area contributed by atoms with Crippen molar-refractivity contribution < 1.29 is 9.21 Å². The minimum absolute atomic E-state index is 0.0137. The second kappa shape index (κ2) is 5.51. The summed E-state index contributed by atoms with van der Waals surface area (Å²) < 4.78 is 5.60. The van der Waals surface area contributed by atoms with Gasteiger partial charge in [-0.3, -0.25) is 0 Å². The van der Waals surface area contributed by atoms with E-state index in [4.69, 9.17) is 4.42 Å². The van der Waals surface area contributed by atoms with Gasteiger partial charge in [0.1, 0.15) is 5.52 Å². The second-order valence-corrected chi connectivity index (χ2v) is 6.14. The molecular formula is C16H22N4O2. The zero-order valence-electron chi connectivity index (χ0n) is 13.3. The third-order valence-electron chi connectivity index (χ3n) is 4.38. The van der Waals surface area contributed by atoms with Crippen LogP contribution in [-0.4, -0.2) is 30.6 Å². The maximum atomic E-state index is 12.2. The van der Waals surface area contributed by atoms with Crippen LogP contribution < -0.4 is 15.5 Å². The number of hydrogen-bond acceptors (Lipinski definition) is 4. The fourth-order valence-electron chi connectivity index (χ4n) is 2.76. The van der Waals surface area contributed by atoms with Crippen molar-refractivity contribution in [2.45, 2.75) is 38.1 Å². The molecule has 1 fully saturated rings. The molecule has 6 heteroatoms. The number of hydrogen-bond donors (Lipinski definition) is 2. The van der Waals surface area contributed by atoms with E-state index >= 15 is 0 Å². The van der Waals surface area contributed by atoms with Gasteiger partial charge in [-0.25, -0.2) is 4.79 Å². The molecule has 2 aromatic rings. The molecule has 0 atom stereocenters. The quantitative estimate of drug-likeness (QED) is 0.908. The molecule has 1 saturated carbocycles. The van der Waals surface area contributed by atoms with E-state index in [1.165, 1.54) is 6.42 Å². The largest absolute Gasteiger partial charge is 0.423 e. The average molecular weight is 302 g/mol. The predicted molar refractivity (Wildman–Crippen MR) is 87.4 cm³/mol. The first-order chi connectivity index (χ1) is 10.5. The van der Waals surface area contributed by atoms with Crippen LogP contribution in [0.3, 0.4) is 0 Å². The molecule has 2 amide bonds. The summed E-state index contributed by atoms with van der Waals surface area (Å²) in [7, 11) is 3.75. The zero-order chi connectivity index (χ0) is 15.7. The second-order valence-electron chi connectivity index (χ2n) is 6.14. The Balaban J connectivity index is 1.72.